The molecular weight excluding hydrogens is 138 g/mol. The van der Waals surface area contributed by atoms with E-state index >= 15 is 0 Å². The maximum atomic E-state index is 5.44. The summed E-state index contributed by atoms with van der Waals surface area (Å²) in [7, 11) is 0. The van der Waals surface area contributed by atoms with Gasteiger partial charge in [-0.25, -0.2) is 4.57 Å². The molecule has 1 atom stereocenters. The molecule has 3 N–H and O–H groups in total. The van der Waals surface area contributed by atoms with Crippen molar-refractivity contribution in [3.8, 4) is 0 Å². The first-order valence-electron chi connectivity index (χ1n) is 3.74. The summed E-state index contributed by atoms with van der Waals surface area (Å²) in [6.07, 6.45) is 8.60. The van der Waals surface area contributed by atoms with E-state index < -0.39 is 0 Å². The van der Waals surface area contributed by atoms with Crippen LogP contribution in [-0.2, 0) is 0 Å². The number of nitrogens with one attached hydrogen (secondary N) is 1. The second-order valence-corrected chi connectivity index (χ2v) is 2.44. The van der Waals surface area contributed by atoms with Crippen molar-refractivity contribution in [2.24, 2.45) is 5.73 Å². The predicted molar refractivity (Wildman–Crippen MR) is 43.9 cm³/mol. The molecule has 0 aliphatic carbocycles. The molecule has 1 aromatic rings. The Bertz CT molecular complexity index is 203. The number of hydrogen-bond donors (Lipinski definition) is 2. The van der Waals surface area contributed by atoms with Crippen LogP contribution in [0.5, 0.6) is 0 Å². The molecule has 0 saturated carbocycles. The van der Waals surface area contributed by atoms with E-state index in [0.29, 0.717) is 12.6 Å². The number of aromatic nitrogens is 2. The molecule has 0 spiro atoms. The van der Waals surface area contributed by atoms with Crippen LogP contribution in [0.4, 0.5) is 0 Å². The molecule has 0 radical (unpaired) electrons. The third kappa shape index (κ3) is 1.91. The Kier molecular flexibility index (Phi) is 2.86. The van der Waals surface area contributed by atoms with Gasteiger partial charge in [0.25, 0.3) is 0 Å². The van der Waals surface area contributed by atoms with Crippen molar-refractivity contribution in [1.82, 2.24) is 4.98 Å². The second kappa shape index (κ2) is 3.93. The lowest BCUT2D eigenvalue weighted by Gasteiger charge is -2.05. The highest BCUT2D eigenvalue weighted by Crippen LogP contribution is 2.00. The fourth-order valence-electron chi connectivity index (χ4n) is 1.07. The molecule has 3 heteroatoms. The van der Waals surface area contributed by atoms with E-state index in [1.54, 1.807) is 0 Å². The van der Waals surface area contributed by atoms with Gasteiger partial charge in [0, 0.05) is 6.42 Å². The normalized spacial score (nSPS) is 12.8. The molecule has 0 amide bonds. The summed E-state index contributed by atoms with van der Waals surface area (Å²) in [5, 5.41) is 0. The molecule has 0 bridgehead atoms. The van der Waals surface area contributed by atoms with Gasteiger partial charge in [-0.05, 0) is 12.6 Å². The minimum Gasteiger partial charge on any atom is -0.330 e. The van der Waals surface area contributed by atoms with Gasteiger partial charge in [0.15, 0.2) is 0 Å². The van der Waals surface area contributed by atoms with Gasteiger partial charge in [-0.3, -0.25) is 4.98 Å². The molecule has 1 unspecified atom stereocenters. The van der Waals surface area contributed by atoms with Gasteiger partial charge in [-0.2, -0.15) is 0 Å². The van der Waals surface area contributed by atoms with Gasteiger partial charge < -0.3 is 5.73 Å². The van der Waals surface area contributed by atoms with Crippen LogP contribution in [0.3, 0.4) is 0 Å². The van der Waals surface area contributed by atoms with Crippen LogP contribution < -0.4 is 10.3 Å². The highest BCUT2D eigenvalue weighted by atomic mass is 15.0. The van der Waals surface area contributed by atoms with Crippen LogP contribution in [-0.4, -0.2) is 11.5 Å². The second-order valence-electron chi connectivity index (χ2n) is 2.44. The molecule has 0 fully saturated rings. The molecule has 0 aromatic carbocycles. The standard InChI is InChI=1S/C8H13N3/c1-2-8(3-4-9)11-6-5-10-7-11/h2,5-8H,1,3-4,9H2/p+1. The highest BCUT2D eigenvalue weighted by molar-refractivity contribution is 4.75. The Morgan fingerprint density at radius 3 is 3.00 bits per heavy atom. The van der Waals surface area contributed by atoms with E-state index in [9.17, 15) is 0 Å². The number of rotatable bonds is 4. The zero-order chi connectivity index (χ0) is 8.10. The number of hydrogen-bond acceptors (Lipinski definition) is 1. The van der Waals surface area contributed by atoms with Crippen molar-refractivity contribution in [3.05, 3.63) is 31.4 Å². The largest absolute Gasteiger partial charge is 0.330 e. The third-order valence-corrected chi connectivity index (χ3v) is 1.68. The summed E-state index contributed by atoms with van der Waals surface area (Å²) >= 11 is 0. The molecule has 3 nitrogen and oxygen atoms in total. The molecule has 1 rings (SSSR count). The van der Waals surface area contributed by atoms with Crippen molar-refractivity contribution < 1.29 is 4.57 Å². The number of nitrogens with zero attached hydrogens (tertiary/aromatic N) is 1. The lowest BCUT2D eigenvalue weighted by atomic mass is 10.2. The van der Waals surface area contributed by atoms with E-state index in [2.05, 4.69) is 16.1 Å². The topological polar surface area (TPSA) is 45.7 Å². The quantitative estimate of drug-likeness (QED) is 0.475. The van der Waals surface area contributed by atoms with E-state index in [1.165, 1.54) is 0 Å². The first-order valence-corrected chi connectivity index (χ1v) is 3.74. The molecule has 0 saturated heterocycles. The first-order chi connectivity index (χ1) is 5.38. The predicted octanol–water partition coefficient (Wildman–Crippen LogP) is 0.378. The van der Waals surface area contributed by atoms with Crippen molar-refractivity contribution in [2.45, 2.75) is 12.5 Å². The molecule has 11 heavy (non-hydrogen) atoms. The van der Waals surface area contributed by atoms with E-state index in [-0.39, 0.29) is 0 Å². The number of H-pyrrole nitrogens is 1. The minimum atomic E-state index is 0.325. The zero-order valence-electron chi connectivity index (χ0n) is 6.53. The summed E-state index contributed by atoms with van der Waals surface area (Å²) in [6, 6.07) is 0.325. The van der Waals surface area contributed by atoms with Crippen LogP contribution >= 0.6 is 0 Å². The Balaban J connectivity index is 2.63. The Morgan fingerprint density at radius 2 is 2.55 bits per heavy atom. The summed E-state index contributed by atoms with van der Waals surface area (Å²) in [5.41, 5.74) is 5.44. The van der Waals surface area contributed by atoms with Crippen LogP contribution in [0, 0.1) is 0 Å². The van der Waals surface area contributed by atoms with Gasteiger partial charge in [-0.1, -0.05) is 6.58 Å². The summed E-state index contributed by atoms with van der Waals surface area (Å²) in [6.45, 7) is 4.43. The number of aromatic amines is 1. The monoisotopic (exact) mass is 152 g/mol. The summed E-state index contributed by atoms with van der Waals surface area (Å²) in [4.78, 5) is 2.98. The summed E-state index contributed by atoms with van der Waals surface area (Å²) in [5.74, 6) is 0. The Hall–Kier alpha value is -1.09. The minimum absolute atomic E-state index is 0.325. The molecule has 60 valence electrons. The Morgan fingerprint density at radius 1 is 1.73 bits per heavy atom. The van der Waals surface area contributed by atoms with E-state index in [4.69, 9.17) is 5.73 Å². The van der Waals surface area contributed by atoms with Crippen molar-refractivity contribution in [1.29, 1.82) is 0 Å². The highest BCUT2D eigenvalue weighted by Gasteiger charge is 2.08. The lowest BCUT2D eigenvalue weighted by molar-refractivity contribution is -0.711. The maximum Gasteiger partial charge on any atom is 0.242 e. The lowest BCUT2D eigenvalue weighted by Crippen LogP contribution is -2.36. The van der Waals surface area contributed by atoms with Gasteiger partial charge in [0.1, 0.15) is 18.4 Å². The first kappa shape index (κ1) is 8.01. The van der Waals surface area contributed by atoms with Crippen molar-refractivity contribution >= 4 is 0 Å². The van der Waals surface area contributed by atoms with E-state index in [0.717, 1.165) is 6.42 Å². The summed E-state index contributed by atoms with van der Waals surface area (Å²) < 4.78 is 2.06. The van der Waals surface area contributed by atoms with Crippen LogP contribution in [0.25, 0.3) is 0 Å². The molecule has 0 aliphatic rings. The molecular formula is C8H14N3+. The molecule has 1 aromatic heterocycles. The van der Waals surface area contributed by atoms with Gasteiger partial charge in [0.2, 0.25) is 6.33 Å². The number of imidazole rings is 1. The Labute approximate surface area is 66.5 Å². The van der Waals surface area contributed by atoms with Gasteiger partial charge in [0.05, 0.1) is 0 Å². The van der Waals surface area contributed by atoms with Crippen LogP contribution in [0.1, 0.15) is 12.5 Å². The fraction of sp³-hybridized carbons (Fsp3) is 0.375. The smallest absolute Gasteiger partial charge is 0.242 e. The average Bonchev–Trinajstić information content (AvgIpc) is 2.52. The van der Waals surface area contributed by atoms with Crippen LogP contribution in [0.2, 0.25) is 0 Å². The van der Waals surface area contributed by atoms with Crippen molar-refractivity contribution in [2.75, 3.05) is 6.54 Å². The van der Waals surface area contributed by atoms with Gasteiger partial charge >= 0.3 is 0 Å². The van der Waals surface area contributed by atoms with E-state index in [1.807, 2.05) is 24.8 Å². The SMILES string of the molecule is C=CC(CCN)[n+]1cc[nH]c1. The molecule has 1 heterocycles. The number of allylic oxidation sites excluding steroid dienone is 1. The zero-order valence-corrected chi connectivity index (χ0v) is 6.53. The van der Waals surface area contributed by atoms with Crippen LogP contribution in [0.15, 0.2) is 31.4 Å². The third-order valence-electron chi connectivity index (χ3n) is 1.68. The van der Waals surface area contributed by atoms with Crippen molar-refractivity contribution in [3.63, 3.8) is 0 Å². The maximum absolute atomic E-state index is 5.44. The van der Waals surface area contributed by atoms with Gasteiger partial charge in [-0.15, -0.1) is 0 Å². The molecule has 0 aliphatic heterocycles. The fourth-order valence-corrected chi connectivity index (χ4v) is 1.07. The number of nitrogens with two attached hydrogens (primary N) is 1. The average molecular weight is 152 g/mol.